The molecule has 1 saturated heterocycles. The van der Waals surface area contributed by atoms with E-state index >= 15 is 0 Å². The molecule has 1 aliphatic rings. The molecule has 1 unspecified atom stereocenters. The van der Waals surface area contributed by atoms with Gasteiger partial charge in [0, 0.05) is 34.3 Å². The number of rotatable bonds is 2. The van der Waals surface area contributed by atoms with Gasteiger partial charge in [0.2, 0.25) is 5.89 Å². The highest BCUT2D eigenvalue weighted by atomic mass is 35.5. The normalized spacial score (nSPS) is 20.2. The monoisotopic (exact) mass is 404 g/mol. The van der Waals surface area contributed by atoms with E-state index < -0.39 is 5.60 Å². The Morgan fingerprint density at radius 3 is 2.67 bits per heavy atom. The molecule has 0 spiro atoms. The number of aliphatic hydroxyl groups is 1. The average molecular weight is 405 g/mol. The maximum Gasteiger partial charge on any atom is 0.254 e. The first-order valence-electron chi connectivity index (χ1n) is 8.69. The van der Waals surface area contributed by atoms with Crippen LogP contribution < -0.4 is 0 Å². The highest BCUT2D eigenvalue weighted by molar-refractivity contribution is 6.35. The van der Waals surface area contributed by atoms with Crippen molar-refractivity contribution >= 4 is 40.2 Å². The second-order valence-corrected chi connectivity index (χ2v) is 8.06. The summed E-state index contributed by atoms with van der Waals surface area (Å²) in [7, 11) is 0. The Kier molecular flexibility index (Phi) is 4.62. The zero-order valence-corrected chi connectivity index (χ0v) is 16.2. The van der Waals surface area contributed by atoms with Crippen LogP contribution in [-0.4, -0.2) is 39.6 Å². The van der Waals surface area contributed by atoms with Crippen molar-refractivity contribution in [1.29, 1.82) is 0 Å². The predicted octanol–water partition coefficient (Wildman–Crippen LogP) is 4.79. The maximum atomic E-state index is 12.8. The van der Waals surface area contributed by atoms with E-state index in [0.717, 1.165) is 6.42 Å². The summed E-state index contributed by atoms with van der Waals surface area (Å²) >= 11 is 12.1. The van der Waals surface area contributed by atoms with Crippen LogP contribution >= 0.6 is 23.2 Å². The lowest BCUT2D eigenvalue weighted by atomic mass is 9.94. The third-order valence-corrected chi connectivity index (χ3v) is 5.14. The van der Waals surface area contributed by atoms with E-state index in [1.807, 2.05) is 0 Å². The van der Waals surface area contributed by atoms with E-state index in [4.69, 9.17) is 27.6 Å². The lowest BCUT2D eigenvalue weighted by Gasteiger charge is -2.36. The molecule has 27 heavy (non-hydrogen) atoms. The molecule has 0 radical (unpaired) electrons. The Morgan fingerprint density at radius 1 is 1.22 bits per heavy atom. The number of hydrogen-bond acceptors (Lipinski definition) is 4. The predicted molar refractivity (Wildman–Crippen MR) is 105 cm³/mol. The summed E-state index contributed by atoms with van der Waals surface area (Å²) in [6.07, 6.45) is 1.48. The Bertz CT molecular complexity index is 1010. The Hall–Kier alpha value is -2.08. The summed E-state index contributed by atoms with van der Waals surface area (Å²) in [6.45, 7) is 2.72. The molecule has 4 rings (SSSR count). The van der Waals surface area contributed by atoms with Gasteiger partial charge in [0.25, 0.3) is 5.91 Å². The van der Waals surface area contributed by atoms with E-state index in [-0.39, 0.29) is 5.91 Å². The van der Waals surface area contributed by atoms with E-state index in [2.05, 4.69) is 4.98 Å². The second-order valence-electron chi connectivity index (χ2n) is 7.19. The number of likely N-dealkylation sites (tertiary alicyclic amines) is 1. The molecular formula is C20H18Cl2N2O3. The van der Waals surface area contributed by atoms with Gasteiger partial charge in [-0.1, -0.05) is 23.2 Å². The first-order valence-corrected chi connectivity index (χ1v) is 9.45. The molecule has 1 aliphatic heterocycles. The zero-order chi connectivity index (χ0) is 19.2. The minimum atomic E-state index is -0.844. The smallest absolute Gasteiger partial charge is 0.254 e. The van der Waals surface area contributed by atoms with Gasteiger partial charge >= 0.3 is 0 Å². The van der Waals surface area contributed by atoms with E-state index in [0.29, 0.717) is 57.7 Å². The molecular weight excluding hydrogens is 387 g/mol. The van der Waals surface area contributed by atoms with Crippen LogP contribution in [-0.2, 0) is 0 Å². The summed E-state index contributed by atoms with van der Waals surface area (Å²) in [5.74, 6) is 0.264. The van der Waals surface area contributed by atoms with Crippen molar-refractivity contribution < 1.29 is 14.3 Å². The van der Waals surface area contributed by atoms with E-state index in [1.165, 1.54) is 0 Å². The Morgan fingerprint density at radius 2 is 1.96 bits per heavy atom. The van der Waals surface area contributed by atoms with Crippen LogP contribution in [0.5, 0.6) is 0 Å². The molecule has 1 atom stereocenters. The molecule has 1 fully saturated rings. The minimum Gasteiger partial charge on any atom is -0.436 e. The molecule has 0 aliphatic carbocycles. The standard InChI is InChI=1S/C20H18Cl2N2O3/c1-20(26)5-2-6-24(11-20)19(25)12-3-4-16-17(9-12)27-18(23-16)13-7-14(21)10-15(22)8-13/h3-4,7-10,26H,2,5-6,11H2,1H3. The van der Waals surface area contributed by atoms with Crippen molar-refractivity contribution in [3.63, 3.8) is 0 Å². The third kappa shape index (κ3) is 3.81. The van der Waals surface area contributed by atoms with Crippen molar-refractivity contribution in [1.82, 2.24) is 9.88 Å². The summed E-state index contributed by atoms with van der Waals surface area (Å²) in [4.78, 5) is 18.9. The molecule has 0 bridgehead atoms. The van der Waals surface area contributed by atoms with Crippen LogP contribution in [0.2, 0.25) is 10.0 Å². The fourth-order valence-corrected chi connectivity index (χ4v) is 3.96. The largest absolute Gasteiger partial charge is 0.436 e. The number of oxazole rings is 1. The van der Waals surface area contributed by atoms with Gasteiger partial charge in [-0.3, -0.25) is 4.79 Å². The number of piperidine rings is 1. The minimum absolute atomic E-state index is 0.124. The molecule has 1 amide bonds. The van der Waals surface area contributed by atoms with Gasteiger partial charge in [0.15, 0.2) is 5.58 Å². The average Bonchev–Trinajstić information content (AvgIpc) is 3.02. The van der Waals surface area contributed by atoms with Crippen molar-refractivity contribution in [3.05, 3.63) is 52.0 Å². The summed E-state index contributed by atoms with van der Waals surface area (Å²) < 4.78 is 5.83. The fraction of sp³-hybridized carbons (Fsp3) is 0.300. The van der Waals surface area contributed by atoms with Crippen LogP contribution in [0.1, 0.15) is 30.1 Å². The lowest BCUT2D eigenvalue weighted by molar-refractivity contribution is -0.0107. The van der Waals surface area contributed by atoms with E-state index in [1.54, 1.807) is 48.2 Å². The van der Waals surface area contributed by atoms with Gasteiger partial charge in [-0.25, -0.2) is 4.98 Å². The molecule has 7 heteroatoms. The van der Waals surface area contributed by atoms with Crippen LogP contribution in [0.3, 0.4) is 0 Å². The lowest BCUT2D eigenvalue weighted by Crippen LogP contribution is -2.48. The Labute approximate surface area is 166 Å². The van der Waals surface area contributed by atoms with Crippen LogP contribution in [0.4, 0.5) is 0 Å². The molecule has 3 aromatic rings. The summed E-state index contributed by atoms with van der Waals surface area (Å²) in [5.41, 5.74) is 1.48. The highest BCUT2D eigenvalue weighted by Gasteiger charge is 2.31. The Balaban J connectivity index is 1.65. The van der Waals surface area contributed by atoms with Crippen LogP contribution in [0.15, 0.2) is 40.8 Å². The molecule has 2 heterocycles. The third-order valence-electron chi connectivity index (χ3n) is 4.71. The number of hydrogen-bond donors (Lipinski definition) is 1. The van der Waals surface area contributed by atoms with Gasteiger partial charge in [-0.2, -0.15) is 0 Å². The summed E-state index contributed by atoms with van der Waals surface area (Å²) in [6, 6.07) is 10.2. The zero-order valence-electron chi connectivity index (χ0n) is 14.7. The number of amides is 1. The van der Waals surface area contributed by atoms with Crippen molar-refractivity contribution in [2.45, 2.75) is 25.4 Å². The SMILES string of the molecule is CC1(O)CCCN(C(=O)c2ccc3nc(-c4cc(Cl)cc(Cl)c4)oc3c2)C1. The van der Waals surface area contributed by atoms with Gasteiger partial charge in [-0.05, 0) is 56.2 Å². The van der Waals surface area contributed by atoms with Crippen LogP contribution in [0, 0.1) is 0 Å². The molecule has 5 nitrogen and oxygen atoms in total. The fourth-order valence-electron chi connectivity index (χ4n) is 3.43. The van der Waals surface area contributed by atoms with Crippen molar-refractivity contribution in [3.8, 4) is 11.5 Å². The van der Waals surface area contributed by atoms with Gasteiger partial charge in [0.05, 0.1) is 5.60 Å². The van der Waals surface area contributed by atoms with Gasteiger partial charge in [0.1, 0.15) is 5.52 Å². The number of nitrogens with zero attached hydrogens (tertiary/aromatic N) is 2. The highest BCUT2D eigenvalue weighted by Crippen LogP contribution is 2.30. The number of halogens is 2. The number of β-amino-alcohol motifs (C(OH)–C–C–N with tert-alkyl or cyclic N) is 1. The number of fused-ring (bicyclic) bond motifs is 1. The first kappa shape index (κ1) is 18.3. The molecule has 1 aromatic heterocycles. The van der Waals surface area contributed by atoms with Gasteiger partial charge < -0.3 is 14.4 Å². The molecule has 2 aromatic carbocycles. The number of carbonyl (C=O) groups is 1. The molecule has 140 valence electrons. The second kappa shape index (κ2) is 6.82. The van der Waals surface area contributed by atoms with Gasteiger partial charge in [-0.15, -0.1) is 0 Å². The van der Waals surface area contributed by atoms with Crippen LogP contribution in [0.25, 0.3) is 22.6 Å². The number of aromatic nitrogens is 1. The molecule has 1 N–H and O–H groups in total. The quantitative estimate of drug-likeness (QED) is 0.666. The summed E-state index contributed by atoms with van der Waals surface area (Å²) in [5, 5.41) is 11.2. The maximum absolute atomic E-state index is 12.8. The topological polar surface area (TPSA) is 66.6 Å². The van der Waals surface area contributed by atoms with Crippen molar-refractivity contribution in [2.75, 3.05) is 13.1 Å². The number of benzene rings is 2. The first-order chi connectivity index (χ1) is 12.8. The van der Waals surface area contributed by atoms with E-state index in [9.17, 15) is 9.90 Å². The molecule has 0 saturated carbocycles. The van der Waals surface area contributed by atoms with Crippen molar-refractivity contribution in [2.24, 2.45) is 0 Å². The number of carbonyl (C=O) groups excluding carboxylic acids is 1.